The zero-order chi connectivity index (χ0) is 17.4. The highest BCUT2D eigenvalue weighted by Crippen LogP contribution is 2.28. The van der Waals surface area contributed by atoms with E-state index in [1.165, 1.54) is 11.3 Å². The Kier molecular flexibility index (Phi) is 4.22. The van der Waals surface area contributed by atoms with Crippen molar-refractivity contribution in [3.8, 4) is 0 Å². The molecule has 1 aliphatic rings. The molecule has 0 aromatic carbocycles. The Morgan fingerprint density at radius 3 is 3.00 bits per heavy atom. The first-order valence-electron chi connectivity index (χ1n) is 7.92. The van der Waals surface area contributed by atoms with Crippen molar-refractivity contribution >= 4 is 28.8 Å². The summed E-state index contributed by atoms with van der Waals surface area (Å²) in [6.07, 6.45) is 4.20. The first-order chi connectivity index (χ1) is 12.1. The molecule has 7 nitrogen and oxygen atoms in total. The molecular formula is C16H16ClN5O2S. The second-order valence-electron chi connectivity index (χ2n) is 6.07. The number of rotatable bonds is 4. The molecule has 3 aromatic heterocycles. The maximum absolute atomic E-state index is 12.7. The summed E-state index contributed by atoms with van der Waals surface area (Å²) in [5.74, 6) is 0.212. The summed E-state index contributed by atoms with van der Waals surface area (Å²) < 4.78 is 1.75. The number of hydrogen-bond donors (Lipinski definition) is 2. The number of H-pyrrole nitrogens is 2. The standard InChI is InChI=1S/C16H16ClN5O2S/c17-11-6-18-22(8-11)9-12-1-2-14(25-12)16(24)21-4-3-10(7-21)13-5-15(23)20-19-13/h1-2,5-6,8,10H,3-4,7,9H2,(H2,19,20,23). The minimum atomic E-state index is -0.138. The minimum absolute atomic E-state index is 0.0372. The fraction of sp³-hybridized carbons (Fsp3) is 0.312. The van der Waals surface area contributed by atoms with Crippen LogP contribution in [0.1, 0.15) is 32.6 Å². The fourth-order valence-corrected chi connectivity index (χ4v) is 4.21. The summed E-state index contributed by atoms with van der Waals surface area (Å²) in [6.45, 7) is 1.91. The summed E-state index contributed by atoms with van der Waals surface area (Å²) in [5.41, 5.74) is 0.726. The third kappa shape index (κ3) is 3.40. The second-order valence-corrected chi connectivity index (χ2v) is 7.68. The molecule has 0 aliphatic carbocycles. The molecule has 9 heteroatoms. The lowest BCUT2D eigenvalue weighted by molar-refractivity contribution is 0.0795. The van der Waals surface area contributed by atoms with Gasteiger partial charge in [0.15, 0.2) is 0 Å². The average Bonchev–Trinajstić information content (AvgIpc) is 3.34. The van der Waals surface area contributed by atoms with Crippen LogP contribution in [-0.4, -0.2) is 43.9 Å². The number of carbonyl (C=O) groups excluding carboxylic acids is 1. The van der Waals surface area contributed by atoms with E-state index in [-0.39, 0.29) is 17.4 Å². The number of aromatic amines is 2. The molecule has 2 N–H and O–H groups in total. The predicted molar refractivity (Wildman–Crippen MR) is 95.3 cm³/mol. The van der Waals surface area contributed by atoms with E-state index in [1.54, 1.807) is 23.1 Å². The Balaban J connectivity index is 1.42. The fourth-order valence-electron chi connectivity index (χ4n) is 3.08. The van der Waals surface area contributed by atoms with E-state index in [0.717, 1.165) is 21.9 Å². The van der Waals surface area contributed by atoms with Crippen LogP contribution in [0.15, 0.2) is 35.4 Å². The van der Waals surface area contributed by atoms with Crippen molar-refractivity contribution in [3.63, 3.8) is 0 Å². The second kappa shape index (κ2) is 6.53. The lowest BCUT2D eigenvalue weighted by Gasteiger charge is -2.15. The SMILES string of the molecule is O=C(c1ccc(Cn2cc(Cl)cn2)s1)N1CCC(c2cc(=O)[nH][nH]2)C1. The number of hydrogen-bond acceptors (Lipinski definition) is 4. The summed E-state index contributed by atoms with van der Waals surface area (Å²) in [5, 5.41) is 10.2. The highest BCUT2D eigenvalue weighted by Gasteiger charge is 2.29. The van der Waals surface area contributed by atoms with Gasteiger partial charge in [0.05, 0.1) is 22.6 Å². The molecule has 1 fully saturated rings. The average molecular weight is 378 g/mol. The third-order valence-electron chi connectivity index (χ3n) is 4.32. The Labute approximate surface area is 152 Å². The van der Waals surface area contributed by atoms with Crippen LogP contribution >= 0.6 is 22.9 Å². The number of likely N-dealkylation sites (tertiary alicyclic amines) is 1. The smallest absolute Gasteiger partial charge is 0.264 e. The predicted octanol–water partition coefficient (Wildman–Crippen LogP) is 2.29. The molecular weight excluding hydrogens is 362 g/mol. The summed E-state index contributed by atoms with van der Waals surface area (Å²) >= 11 is 7.34. The van der Waals surface area contributed by atoms with Crippen molar-refractivity contribution in [3.05, 3.63) is 61.4 Å². The van der Waals surface area contributed by atoms with Gasteiger partial charge in [-0.1, -0.05) is 11.6 Å². The van der Waals surface area contributed by atoms with Gasteiger partial charge >= 0.3 is 0 Å². The van der Waals surface area contributed by atoms with E-state index in [0.29, 0.717) is 24.7 Å². The monoisotopic (exact) mass is 377 g/mol. The molecule has 1 unspecified atom stereocenters. The Morgan fingerprint density at radius 1 is 1.40 bits per heavy atom. The zero-order valence-corrected chi connectivity index (χ0v) is 14.8. The number of nitrogens with one attached hydrogen (secondary N) is 2. The van der Waals surface area contributed by atoms with Gasteiger partial charge in [0.1, 0.15) is 0 Å². The summed E-state index contributed by atoms with van der Waals surface area (Å²) in [4.78, 5) is 27.6. The molecule has 3 aromatic rings. The number of nitrogens with zero attached hydrogens (tertiary/aromatic N) is 3. The van der Waals surface area contributed by atoms with Crippen LogP contribution in [0, 0.1) is 0 Å². The van der Waals surface area contributed by atoms with E-state index in [9.17, 15) is 9.59 Å². The zero-order valence-electron chi connectivity index (χ0n) is 13.2. The third-order valence-corrected chi connectivity index (χ3v) is 5.58. The van der Waals surface area contributed by atoms with Gasteiger partial charge in [0.2, 0.25) is 0 Å². The van der Waals surface area contributed by atoms with Crippen molar-refractivity contribution in [2.24, 2.45) is 0 Å². The highest BCUT2D eigenvalue weighted by atomic mass is 35.5. The molecule has 4 heterocycles. The van der Waals surface area contributed by atoms with E-state index in [2.05, 4.69) is 15.3 Å². The minimum Gasteiger partial charge on any atom is -0.337 e. The molecule has 1 atom stereocenters. The van der Waals surface area contributed by atoms with Crippen LogP contribution in [0.3, 0.4) is 0 Å². The maximum Gasteiger partial charge on any atom is 0.264 e. The highest BCUT2D eigenvalue weighted by molar-refractivity contribution is 7.14. The Hall–Kier alpha value is -2.32. The van der Waals surface area contributed by atoms with E-state index >= 15 is 0 Å². The van der Waals surface area contributed by atoms with Gasteiger partial charge in [-0.3, -0.25) is 19.4 Å². The van der Waals surface area contributed by atoms with Crippen LogP contribution < -0.4 is 5.56 Å². The van der Waals surface area contributed by atoms with E-state index < -0.39 is 0 Å². The molecule has 130 valence electrons. The Bertz CT molecular complexity index is 956. The van der Waals surface area contributed by atoms with Crippen molar-refractivity contribution in [2.45, 2.75) is 18.9 Å². The van der Waals surface area contributed by atoms with Crippen molar-refractivity contribution in [1.82, 2.24) is 24.9 Å². The number of amides is 1. The molecule has 0 saturated carbocycles. The Morgan fingerprint density at radius 2 is 2.28 bits per heavy atom. The van der Waals surface area contributed by atoms with E-state index in [4.69, 9.17) is 11.6 Å². The van der Waals surface area contributed by atoms with Crippen LogP contribution in [0.5, 0.6) is 0 Å². The number of thiophene rings is 1. The van der Waals surface area contributed by atoms with Crippen LogP contribution in [0.2, 0.25) is 5.02 Å². The van der Waals surface area contributed by atoms with Gasteiger partial charge in [0.25, 0.3) is 11.5 Å². The lowest BCUT2D eigenvalue weighted by atomic mass is 10.1. The van der Waals surface area contributed by atoms with Gasteiger partial charge < -0.3 is 10.00 Å². The molecule has 0 bridgehead atoms. The van der Waals surface area contributed by atoms with E-state index in [1.807, 2.05) is 17.0 Å². The van der Waals surface area contributed by atoms with Crippen LogP contribution in [0.25, 0.3) is 0 Å². The maximum atomic E-state index is 12.7. The van der Waals surface area contributed by atoms with Crippen LogP contribution in [-0.2, 0) is 6.54 Å². The molecule has 4 rings (SSSR count). The normalized spacial score (nSPS) is 17.3. The topological polar surface area (TPSA) is 86.8 Å². The molecule has 1 saturated heterocycles. The molecule has 1 aliphatic heterocycles. The quantitative estimate of drug-likeness (QED) is 0.731. The first-order valence-corrected chi connectivity index (χ1v) is 9.11. The van der Waals surface area contributed by atoms with Crippen molar-refractivity contribution in [2.75, 3.05) is 13.1 Å². The van der Waals surface area contributed by atoms with Gasteiger partial charge in [-0.05, 0) is 18.6 Å². The summed E-state index contributed by atoms with van der Waals surface area (Å²) in [7, 11) is 0. The van der Waals surface area contributed by atoms with Gasteiger partial charge in [-0.25, -0.2) is 0 Å². The molecule has 0 spiro atoms. The van der Waals surface area contributed by atoms with Gasteiger partial charge in [0, 0.05) is 41.8 Å². The largest absolute Gasteiger partial charge is 0.337 e. The molecule has 25 heavy (non-hydrogen) atoms. The molecule has 0 radical (unpaired) electrons. The number of carbonyl (C=O) groups is 1. The number of halogens is 1. The summed E-state index contributed by atoms with van der Waals surface area (Å²) in [6, 6.07) is 5.38. The lowest BCUT2D eigenvalue weighted by Crippen LogP contribution is -2.27. The van der Waals surface area contributed by atoms with Crippen LogP contribution in [0.4, 0.5) is 0 Å². The van der Waals surface area contributed by atoms with Crippen molar-refractivity contribution < 1.29 is 4.79 Å². The van der Waals surface area contributed by atoms with Gasteiger partial charge in [-0.2, -0.15) is 5.10 Å². The molecule has 1 amide bonds. The van der Waals surface area contributed by atoms with Gasteiger partial charge in [-0.15, -0.1) is 11.3 Å². The number of aromatic nitrogens is 4. The first kappa shape index (κ1) is 16.2. The van der Waals surface area contributed by atoms with Crippen molar-refractivity contribution in [1.29, 1.82) is 0 Å².